The fourth-order valence-electron chi connectivity index (χ4n) is 5.03. The number of nitriles is 1. The van der Waals surface area contributed by atoms with Gasteiger partial charge in [0.25, 0.3) is 0 Å². The molecule has 154 valence electrons. The molecule has 7 heteroatoms. The van der Waals surface area contributed by atoms with E-state index >= 15 is 0 Å². The molecule has 4 aliphatic rings. The molecule has 4 heterocycles. The van der Waals surface area contributed by atoms with Crippen LogP contribution in [-0.4, -0.2) is 30.6 Å². The fourth-order valence-corrected chi connectivity index (χ4v) is 5.03. The summed E-state index contributed by atoms with van der Waals surface area (Å²) in [6.07, 6.45) is 3.47. The number of benzene rings is 2. The van der Waals surface area contributed by atoms with E-state index in [-0.39, 0.29) is 11.5 Å². The Balaban J connectivity index is 1.61. The summed E-state index contributed by atoms with van der Waals surface area (Å²) in [7, 11) is 0. The van der Waals surface area contributed by atoms with Gasteiger partial charge in [-0.15, -0.1) is 0 Å². The molecule has 0 saturated carbocycles. The summed E-state index contributed by atoms with van der Waals surface area (Å²) in [4.78, 5) is 15.3. The number of carbonyl (C=O) groups is 1. The molecule has 1 amide bonds. The Morgan fingerprint density at radius 3 is 2.74 bits per heavy atom. The van der Waals surface area contributed by atoms with E-state index in [1.54, 1.807) is 0 Å². The molecule has 0 fully saturated rings. The second kappa shape index (κ2) is 6.29. The van der Waals surface area contributed by atoms with E-state index in [0.29, 0.717) is 37.0 Å². The number of anilines is 1. The van der Waals surface area contributed by atoms with Gasteiger partial charge in [0.05, 0.1) is 18.8 Å². The summed E-state index contributed by atoms with van der Waals surface area (Å²) in [6.45, 7) is 1.84. The highest BCUT2D eigenvalue weighted by atomic mass is 16.5. The maximum Gasteiger partial charge on any atom is 0.244 e. The lowest BCUT2D eigenvalue weighted by molar-refractivity contribution is -0.118. The van der Waals surface area contributed by atoms with Crippen LogP contribution in [0.1, 0.15) is 23.1 Å². The Hall–Kier alpha value is -3.92. The van der Waals surface area contributed by atoms with Gasteiger partial charge in [-0.05, 0) is 36.3 Å². The van der Waals surface area contributed by atoms with Gasteiger partial charge in [0.15, 0.2) is 11.5 Å². The monoisotopic (exact) mass is 412 g/mol. The molecule has 3 N–H and O–H groups in total. The predicted molar refractivity (Wildman–Crippen MR) is 114 cm³/mol. The zero-order valence-electron chi connectivity index (χ0n) is 16.8. The van der Waals surface area contributed by atoms with Gasteiger partial charge in [-0.1, -0.05) is 18.2 Å². The van der Waals surface area contributed by atoms with Gasteiger partial charge in [0.2, 0.25) is 5.91 Å². The van der Waals surface area contributed by atoms with Crippen LogP contribution in [0.3, 0.4) is 0 Å². The summed E-state index contributed by atoms with van der Waals surface area (Å²) in [5, 5.41) is 13.0. The van der Waals surface area contributed by atoms with Crippen molar-refractivity contribution >= 4 is 17.3 Å². The highest BCUT2D eigenvalue weighted by molar-refractivity contribution is 6.12. The maximum atomic E-state index is 13.3. The molecular weight excluding hydrogens is 392 g/mol. The molecule has 2 aromatic carbocycles. The average Bonchev–Trinajstić information content (AvgIpc) is 2.92. The Bertz CT molecular complexity index is 1260. The van der Waals surface area contributed by atoms with Gasteiger partial charge >= 0.3 is 0 Å². The van der Waals surface area contributed by atoms with Gasteiger partial charge < -0.3 is 25.4 Å². The van der Waals surface area contributed by atoms with Gasteiger partial charge in [-0.2, -0.15) is 5.26 Å². The number of nitrogens with zero attached hydrogens (tertiary/aromatic N) is 2. The van der Waals surface area contributed by atoms with Gasteiger partial charge in [-0.3, -0.25) is 4.79 Å². The summed E-state index contributed by atoms with van der Waals surface area (Å²) in [6, 6.07) is 13.7. The Labute approximate surface area is 179 Å². The van der Waals surface area contributed by atoms with E-state index in [1.807, 2.05) is 47.4 Å². The van der Waals surface area contributed by atoms with E-state index in [0.717, 1.165) is 41.0 Å². The molecule has 0 aromatic heterocycles. The molecule has 1 atom stereocenters. The molecule has 0 bridgehead atoms. The van der Waals surface area contributed by atoms with Crippen molar-refractivity contribution in [2.24, 2.45) is 5.73 Å². The topological polar surface area (TPSA) is 101 Å². The molecule has 7 nitrogen and oxygen atoms in total. The fraction of sp³-hybridized carbons (Fsp3) is 0.250. The molecular formula is C24H20N4O3. The van der Waals surface area contributed by atoms with Crippen molar-refractivity contribution in [3.8, 4) is 17.6 Å². The lowest BCUT2D eigenvalue weighted by Gasteiger charge is -2.41. The third-order valence-electron chi connectivity index (χ3n) is 6.51. The highest BCUT2D eigenvalue weighted by Gasteiger charge is 2.53. The molecule has 31 heavy (non-hydrogen) atoms. The van der Waals surface area contributed by atoms with Gasteiger partial charge in [0, 0.05) is 35.5 Å². The summed E-state index contributed by atoms with van der Waals surface area (Å²) in [5.41, 5.74) is 9.88. The third-order valence-corrected chi connectivity index (χ3v) is 6.51. The minimum Gasteiger partial charge on any atom is -0.490 e. The molecule has 0 aliphatic carbocycles. The summed E-state index contributed by atoms with van der Waals surface area (Å²) < 4.78 is 11.8. The summed E-state index contributed by atoms with van der Waals surface area (Å²) >= 11 is 0. The van der Waals surface area contributed by atoms with Crippen LogP contribution in [0, 0.1) is 11.3 Å². The number of ether oxygens (including phenoxy) is 2. The Morgan fingerprint density at radius 1 is 1.16 bits per heavy atom. The number of hydrogen-bond donors (Lipinski definition) is 2. The van der Waals surface area contributed by atoms with E-state index in [4.69, 9.17) is 15.2 Å². The normalized spacial score (nSPS) is 23.3. The summed E-state index contributed by atoms with van der Waals surface area (Å²) in [5.74, 6) is 1.50. The quantitative estimate of drug-likeness (QED) is 0.690. The van der Waals surface area contributed by atoms with Crippen molar-refractivity contribution < 1.29 is 14.3 Å². The second-order valence-corrected chi connectivity index (χ2v) is 8.12. The van der Waals surface area contributed by atoms with Gasteiger partial charge in [-0.25, -0.2) is 0 Å². The first kappa shape index (κ1) is 17.9. The zero-order valence-corrected chi connectivity index (χ0v) is 16.8. The SMILES string of the molecule is N#CC1=C(N)N2CCc3cc4c(cc3C2=CC12C(=O)Nc1ccccc12)OCCCO4. The number of carbonyl (C=O) groups excluding carboxylic acids is 1. The van der Waals surface area contributed by atoms with E-state index < -0.39 is 5.41 Å². The van der Waals surface area contributed by atoms with Gasteiger partial charge in [0.1, 0.15) is 17.3 Å². The first-order valence-corrected chi connectivity index (χ1v) is 10.4. The number of nitrogens with one attached hydrogen (secondary N) is 1. The minimum atomic E-state index is -1.25. The van der Waals surface area contributed by atoms with Crippen molar-refractivity contribution in [1.29, 1.82) is 5.26 Å². The van der Waals surface area contributed by atoms with Crippen molar-refractivity contribution in [3.63, 3.8) is 0 Å². The van der Waals surface area contributed by atoms with Crippen LogP contribution in [0.15, 0.2) is 53.9 Å². The van der Waals surface area contributed by atoms with Crippen molar-refractivity contribution in [2.75, 3.05) is 25.1 Å². The first-order valence-electron chi connectivity index (χ1n) is 10.4. The number of rotatable bonds is 0. The lowest BCUT2D eigenvalue weighted by Crippen LogP contribution is -2.45. The third kappa shape index (κ3) is 2.30. The van der Waals surface area contributed by atoms with Crippen LogP contribution in [0.5, 0.6) is 11.5 Å². The van der Waals surface area contributed by atoms with E-state index in [2.05, 4.69) is 11.4 Å². The standard InChI is InChI=1S/C24H20N4O3/c25-13-17-22(26)28-7-6-14-10-20-21(31-9-3-8-30-20)11-15(14)19(28)12-24(17)16-4-1-2-5-18(16)27-23(24)29/h1-2,4-5,10-12H,3,6-9,26H2,(H,27,29). The van der Waals surface area contributed by atoms with Crippen molar-refractivity contribution in [3.05, 3.63) is 70.6 Å². The zero-order chi connectivity index (χ0) is 21.2. The number of para-hydroxylation sites is 1. The van der Waals surface area contributed by atoms with Crippen molar-refractivity contribution in [2.45, 2.75) is 18.3 Å². The van der Waals surface area contributed by atoms with Crippen LogP contribution >= 0.6 is 0 Å². The van der Waals surface area contributed by atoms with E-state index in [1.165, 1.54) is 0 Å². The maximum absolute atomic E-state index is 13.3. The number of hydrogen-bond acceptors (Lipinski definition) is 6. The highest BCUT2D eigenvalue weighted by Crippen LogP contribution is 2.51. The molecule has 0 saturated heterocycles. The lowest BCUT2D eigenvalue weighted by atomic mass is 9.71. The van der Waals surface area contributed by atoms with Crippen LogP contribution < -0.4 is 20.5 Å². The largest absolute Gasteiger partial charge is 0.490 e. The first-order chi connectivity index (χ1) is 15.1. The molecule has 2 aromatic rings. The van der Waals surface area contributed by atoms with E-state index in [9.17, 15) is 10.1 Å². The Kier molecular flexibility index (Phi) is 3.63. The molecule has 1 spiro atoms. The smallest absolute Gasteiger partial charge is 0.244 e. The molecule has 6 rings (SSSR count). The second-order valence-electron chi connectivity index (χ2n) is 8.12. The van der Waals surface area contributed by atoms with Crippen LogP contribution in [0.25, 0.3) is 5.70 Å². The van der Waals surface area contributed by atoms with Crippen LogP contribution in [-0.2, 0) is 16.6 Å². The average molecular weight is 412 g/mol. The number of amides is 1. The predicted octanol–water partition coefficient (Wildman–Crippen LogP) is 2.64. The molecule has 4 aliphatic heterocycles. The molecule has 1 unspecified atom stereocenters. The Morgan fingerprint density at radius 2 is 1.94 bits per heavy atom. The number of nitrogens with two attached hydrogens (primary N) is 1. The minimum absolute atomic E-state index is 0.261. The van der Waals surface area contributed by atoms with Crippen LogP contribution in [0.4, 0.5) is 5.69 Å². The number of fused-ring (bicyclic) bond motifs is 6. The molecule has 0 radical (unpaired) electrons. The van der Waals surface area contributed by atoms with Crippen LogP contribution in [0.2, 0.25) is 0 Å². The van der Waals surface area contributed by atoms with Crippen molar-refractivity contribution in [1.82, 2.24) is 4.90 Å².